The third-order valence-corrected chi connectivity index (χ3v) is 4.63. The molecule has 0 amide bonds. The maximum Gasteiger partial charge on any atom is 0.256 e. The molecule has 7 heteroatoms. The zero-order valence-electron chi connectivity index (χ0n) is 8.40. The van der Waals surface area contributed by atoms with Crippen LogP contribution in [0.3, 0.4) is 0 Å². The molecule has 0 aliphatic carbocycles. The predicted molar refractivity (Wildman–Crippen MR) is 64.1 cm³/mol. The van der Waals surface area contributed by atoms with Gasteiger partial charge in [0.05, 0.1) is 29.5 Å². The van der Waals surface area contributed by atoms with Crippen molar-refractivity contribution in [3.05, 3.63) is 0 Å². The lowest BCUT2D eigenvalue weighted by atomic mass is 10.3. The molecule has 1 rings (SSSR count). The van der Waals surface area contributed by atoms with Crippen LogP contribution in [0.4, 0.5) is 0 Å². The first-order valence-corrected chi connectivity index (χ1v) is 7.39. The van der Waals surface area contributed by atoms with Crippen LogP contribution in [0.5, 0.6) is 0 Å². The Kier molecular flexibility index (Phi) is 4.61. The monoisotopic (exact) mass is 271 g/mol. The second-order valence-electron chi connectivity index (χ2n) is 3.48. The van der Waals surface area contributed by atoms with E-state index in [4.69, 9.17) is 28.6 Å². The molecule has 0 bridgehead atoms. The maximum absolute atomic E-state index is 11.2. The van der Waals surface area contributed by atoms with Crippen LogP contribution >= 0.6 is 23.8 Å². The quantitative estimate of drug-likeness (QED) is 0.605. The lowest BCUT2D eigenvalue weighted by Gasteiger charge is -2.16. The molecule has 1 aliphatic rings. The molecular weight excluding hydrogens is 258 g/mol. The molecule has 1 fully saturated rings. The Bertz CT molecular complexity index is 331. The highest BCUT2D eigenvalue weighted by Crippen LogP contribution is 2.17. The average Bonchev–Trinajstić information content (AvgIpc) is 2.36. The van der Waals surface area contributed by atoms with E-state index in [1.165, 1.54) is 0 Å². The maximum atomic E-state index is 11.2. The topological polar surface area (TPSA) is 55.4 Å². The number of alkyl halides is 1. The normalized spacial score (nSPS) is 28.7. The fraction of sp³-hybridized carbons (Fsp3) is 0.875. The molecule has 0 radical (unpaired) electrons. The van der Waals surface area contributed by atoms with E-state index in [2.05, 4.69) is 5.32 Å². The number of ether oxygens (including phenoxy) is 1. The van der Waals surface area contributed by atoms with Crippen LogP contribution in [0.25, 0.3) is 0 Å². The minimum atomic E-state index is -3.02. The van der Waals surface area contributed by atoms with E-state index in [0.29, 0.717) is 6.61 Å². The predicted octanol–water partition coefficient (Wildman–Crippen LogP) is 0.692. The van der Waals surface area contributed by atoms with Gasteiger partial charge in [-0.15, -0.1) is 11.6 Å². The molecule has 88 valence electrons. The summed E-state index contributed by atoms with van der Waals surface area (Å²) in [4.78, 5) is 0. The SMILES string of the molecule is CCCOC(=S)N[C@@H]1CS(=O)(=O)C[C@@H]1Cl. The lowest BCUT2D eigenvalue weighted by molar-refractivity contribution is 0.294. The molecule has 0 unspecified atom stereocenters. The first-order valence-electron chi connectivity index (χ1n) is 4.72. The van der Waals surface area contributed by atoms with Gasteiger partial charge in [0.2, 0.25) is 0 Å². The second kappa shape index (κ2) is 5.32. The van der Waals surface area contributed by atoms with E-state index in [1.807, 2.05) is 6.92 Å². The fourth-order valence-corrected chi connectivity index (χ4v) is 4.11. The lowest BCUT2D eigenvalue weighted by Crippen LogP contribution is -2.40. The Labute approximate surface area is 100 Å². The molecule has 0 aromatic rings. The Balaban J connectivity index is 2.43. The first-order chi connectivity index (χ1) is 6.94. The van der Waals surface area contributed by atoms with Gasteiger partial charge in [-0.05, 0) is 18.6 Å². The number of rotatable bonds is 3. The molecule has 0 saturated carbocycles. The van der Waals surface area contributed by atoms with Crippen LogP contribution in [0.15, 0.2) is 0 Å². The Morgan fingerprint density at radius 3 is 2.73 bits per heavy atom. The number of nitrogens with one attached hydrogen (secondary N) is 1. The summed E-state index contributed by atoms with van der Waals surface area (Å²) in [5, 5.41) is 2.61. The van der Waals surface area contributed by atoms with Gasteiger partial charge in [-0.3, -0.25) is 0 Å². The van der Waals surface area contributed by atoms with E-state index in [0.717, 1.165) is 6.42 Å². The standard InChI is InChI=1S/C8H14ClNO3S2/c1-2-3-13-8(14)10-7-5-15(11,12)4-6(7)9/h6-7H,2-5H2,1H3,(H,10,14)/t6-,7+/m0/s1. The highest BCUT2D eigenvalue weighted by atomic mass is 35.5. The van der Waals surface area contributed by atoms with Crippen LogP contribution in [0.2, 0.25) is 0 Å². The summed E-state index contributed by atoms with van der Waals surface area (Å²) in [6, 6.07) is -0.332. The molecule has 0 spiro atoms. The largest absolute Gasteiger partial charge is 0.471 e. The van der Waals surface area contributed by atoms with Crippen LogP contribution in [0.1, 0.15) is 13.3 Å². The van der Waals surface area contributed by atoms with Crippen LogP contribution in [-0.4, -0.2) is 43.1 Å². The number of halogens is 1. The highest BCUT2D eigenvalue weighted by Gasteiger charge is 2.36. The van der Waals surface area contributed by atoms with Gasteiger partial charge in [-0.1, -0.05) is 6.92 Å². The zero-order valence-corrected chi connectivity index (χ0v) is 10.8. The smallest absolute Gasteiger partial charge is 0.256 e. The number of sulfone groups is 1. The summed E-state index contributed by atoms with van der Waals surface area (Å²) in [6.07, 6.45) is 0.856. The number of hydrogen-bond donors (Lipinski definition) is 1. The van der Waals surface area contributed by atoms with Gasteiger partial charge in [0.15, 0.2) is 9.84 Å². The van der Waals surface area contributed by atoms with Crippen molar-refractivity contribution in [2.75, 3.05) is 18.1 Å². The van der Waals surface area contributed by atoms with E-state index in [9.17, 15) is 8.42 Å². The van der Waals surface area contributed by atoms with Crippen molar-refractivity contribution < 1.29 is 13.2 Å². The summed E-state index contributed by atoms with van der Waals surface area (Å²) >= 11 is 10.8. The molecule has 1 saturated heterocycles. The summed E-state index contributed by atoms with van der Waals surface area (Å²) in [5.74, 6) is 0.0272. The van der Waals surface area contributed by atoms with E-state index < -0.39 is 15.2 Å². The third-order valence-electron chi connectivity index (χ3n) is 2.02. The summed E-state index contributed by atoms with van der Waals surface area (Å²) in [5.41, 5.74) is 0. The van der Waals surface area contributed by atoms with Crippen molar-refractivity contribution in [2.24, 2.45) is 0 Å². The zero-order chi connectivity index (χ0) is 11.5. The van der Waals surface area contributed by atoms with Crippen molar-refractivity contribution in [2.45, 2.75) is 24.8 Å². The van der Waals surface area contributed by atoms with Gasteiger partial charge < -0.3 is 10.1 Å². The van der Waals surface area contributed by atoms with Gasteiger partial charge in [-0.2, -0.15) is 0 Å². The highest BCUT2D eigenvalue weighted by molar-refractivity contribution is 7.91. The van der Waals surface area contributed by atoms with Gasteiger partial charge in [-0.25, -0.2) is 8.42 Å². The van der Waals surface area contributed by atoms with Crippen molar-refractivity contribution in [1.82, 2.24) is 5.32 Å². The second-order valence-corrected chi connectivity index (χ2v) is 6.56. The first kappa shape index (κ1) is 13.0. The minimum absolute atomic E-state index is 0.00259. The molecular formula is C8H14ClNO3S2. The van der Waals surface area contributed by atoms with Gasteiger partial charge in [0.25, 0.3) is 5.17 Å². The van der Waals surface area contributed by atoms with Crippen molar-refractivity contribution >= 4 is 38.8 Å². The van der Waals surface area contributed by atoms with E-state index in [-0.39, 0.29) is 22.7 Å². The summed E-state index contributed by atoms with van der Waals surface area (Å²) < 4.78 is 27.6. The van der Waals surface area contributed by atoms with Crippen molar-refractivity contribution in [3.63, 3.8) is 0 Å². The fourth-order valence-electron chi connectivity index (χ4n) is 1.32. The minimum Gasteiger partial charge on any atom is -0.471 e. The molecule has 15 heavy (non-hydrogen) atoms. The van der Waals surface area contributed by atoms with E-state index in [1.54, 1.807) is 0 Å². The average molecular weight is 272 g/mol. The molecule has 0 aromatic carbocycles. The van der Waals surface area contributed by atoms with Crippen LogP contribution in [-0.2, 0) is 14.6 Å². The molecule has 0 aromatic heterocycles. The van der Waals surface area contributed by atoms with Gasteiger partial charge in [0, 0.05) is 0 Å². The van der Waals surface area contributed by atoms with Crippen molar-refractivity contribution in [1.29, 1.82) is 0 Å². The number of thiocarbonyl (C=S) groups is 1. The third kappa shape index (κ3) is 4.12. The molecule has 2 atom stereocenters. The Hall–Kier alpha value is -0.0700. The van der Waals surface area contributed by atoms with Gasteiger partial charge in [0.1, 0.15) is 0 Å². The Morgan fingerprint density at radius 2 is 2.27 bits per heavy atom. The van der Waals surface area contributed by atoms with Crippen molar-refractivity contribution in [3.8, 4) is 0 Å². The number of hydrogen-bond acceptors (Lipinski definition) is 4. The van der Waals surface area contributed by atoms with E-state index >= 15 is 0 Å². The molecule has 1 aliphatic heterocycles. The van der Waals surface area contributed by atoms with Crippen LogP contribution in [0, 0.1) is 0 Å². The summed E-state index contributed by atoms with van der Waals surface area (Å²) in [7, 11) is -3.02. The summed E-state index contributed by atoms with van der Waals surface area (Å²) in [6.45, 7) is 2.49. The molecule has 1 N–H and O–H groups in total. The molecule has 4 nitrogen and oxygen atoms in total. The van der Waals surface area contributed by atoms with Gasteiger partial charge >= 0.3 is 0 Å². The van der Waals surface area contributed by atoms with Crippen LogP contribution < -0.4 is 5.32 Å². The molecule has 1 heterocycles. The Morgan fingerprint density at radius 1 is 1.60 bits per heavy atom.